The minimum absolute atomic E-state index is 0.0420. The van der Waals surface area contributed by atoms with Crippen LogP contribution in [0.15, 0.2) is 18.3 Å². The third-order valence-corrected chi connectivity index (χ3v) is 2.58. The number of nitriles is 1. The van der Waals surface area contributed by atoms with E-state index < -0.39 is 5.97 Å². The fourth-order valence-corrected chi connectivity index (χ4v) is 1.35. The monoisotopic (exact) mass is 233 g/mol. The fraction of sp³-hybridized carbons (Fsp3) is 0.417. The molecule has 0 aliphatic heterocycles. The van der Waals surface area contributed by atoms with Crippen molar-refractivity contribution < 1.29 is 9.53 Å². The molecular weight excluding hydrogens is 218 g/mol. The van der Waals surface area contributed by atoms with E-state index in [0.717, 1.165) is 0 Å². The smallest absolute Gasteiger partial charge is 0.338 e. The molecule has 1 aromatic heterocycles. The van der Waals surface area contributed by atoms with Gasteiger partial charge in [0.1, 0.15) is 5.82 Å². The van der Waals surface area contributed by atoms with Crippen molar-refractivity contribution in [3.05, 3.63) is 23.9 Å². The number of aromatic nitrogens is 1. The third kappa shape index (κ3) is 3.18. The molecule has 90 valence electrons. The molecule has 0 bridgehead atoms. The maximum Gasteiger partial charge on any atom is 0.338 e. The molecule has 0 aliphatic carbocycles. The van der Waals surface area contributed by atoms with E-state index in [1.807, 2.05) is 18.9 Å². The summed E-state index contributed by atoms with van der Waals surface area (Å²) in [5, 5.41) is 8.64. The van der Waals surface area contributed by atoms with E-state index in [1.54, 1.807) is 18.3 Å². The van der Waals surface area contributed by atoms with Gasteiger partial charge in [-0.15, -0.1) is 0 Å². The lowest BCUT2D eigenvalue weighted by Crippen LogP contribution is -2.29. The first-order chi connectivity index (χ1) is 8.10. The molecule has 1 rings (SSSR count). The van der Waals surface area contributed by atoms with E-state index in [1.165, 1.54) is 7.11 Å². The van der Waals surface area contributed by atoms with E-state index in [0.29, 0.717) is 17.8 Å². The van der Waals surface area contributed by atoms with Gasteiger partial charge in [-0.25, -0.2) is 9.78 Å². The first-order valence-corrected chi connectivity index (χ1v) is 5.24. The van der Waals surface area contributed by atoms with Gasteiger partial charge in [-0.1, -0.05) is 0 Å². The van der Waals surface area contributed by atoms with Crippen LogP contribution in [0.2, 0.25) is 0 Å². The minimum Gasteiger partial charge on any atom is -0.465 e. The van der Waals surface area contributed by atoms with Crippen molar-refractivity contribution in [2.24, 2.45) is 0 Å². The van der Waals surface area contributed by atoms with Gasteiger partial charge in [0.25, 0.3) is 0 Å². The Bertz CT molecular complexity index is 440. The lowest BCUT2D eigenvalue weighted by Gasteiger charge is -2.24. The molecule has 0 aliphatic rings. The number of esters is 1. The van der Waals surface area contributed by atoms with Crippen LogP contribution in [0.1, 0.15) is 23.7 Å². The molecular formula is C12H15N3O2. The zero-order chi connectivity index (χ0) is 12.8. The van der Waals surface area contributed by atoms with Gasteiger partial charge in [0.2, 0.25) is 0 Å². The minimum atomic E-state index is -0.394. The number of ether oxygens (including phenoxy) is 1. The van der Waals surface area contributed by atoms with Crippen LogP contribution >= 0.6 is 0 Å². The van der Waals surface area contributed by atoms with Gasteiger partial charge in [0.15, 0.2) is 0 Å². The van der Waals surface area contributed by atoms with Crippen molar-refractivity contribution in [1.82, 2.24) is 4.98 Å². The molecule has 1 atom stereocenters. The average Bonchev–Trinajstić information content (AvgIpc) is 2.37. The molecule has 5 heteroatoms. The maximum absolute atomic E-state index is 11.4. The molecule has 0 N–H and O–H groups in total. The number of anilines is 1. The van der Waals surface area contributed by atoms with Gasteiger partial charge < -0.3 is 9.64 Å². The zero-order valence-corrected chi connectivity index (χ0v) is 10.2. The molecule has 5 nitrogen and oxygen atoms in total. The SMILES string of the molecule is COC(=O)c1ccnc(N(C)C(C)CC#N)c1. The van der Waals surface area contributed by atoms with Gasteiger partial charge in [-0.3, -0.25) is 0 Å². The first kappa shape index (κ1) is 13.0. The Balaban J connectivity index is 2.92. The summed E-state index contributed by atoms with van der Waals surface area (Å²) in [6, 6.07) is 5.40. The van der Waals surface area contributed by atoms with E-state index in [2.05, 4.69) is 15.8 Å². The van der Waals surface area contributed by atoms with Crippen molar-refractivity contribution in [2.45, 2.75) is 19.4 Å². The summed E-state index contributed by atoms with van der Waals surface area (Å²) >= 11 is 0. The molecule has 0 saturated heterocycles. The Morgan fingerprint density at radius 1 is 1.71 bits per heavy atom. The summed E-state index contributed by atoms with van der Waals surface area (Å²) in [5.41, 5.74) is 0.452. The summed E-state index contributed by atoms with van der Waals surface area (Å²) in [7, 11) is 3.18. The number of nitrogens with zero attached hydrogens (tertiary/aromatic N) is 3. The molecule has 1 aromatic rings. The summed E-state index contributed by atoms with van der Waals surface area (Å²) in [6.07, 6.45) is 1.96. The second kappa shape index (κ2) is 5.85. The normalized spacial score (nSPS) is 11.4. The largest absolute Gasteiger partial charge is 0.465 e. The van der Waals surface area contributed by atoms with E-state index in [4.69, 9.17) is 5.26 Å². The van der Waals surface area contributed by atoms with Gasteiger partial charge >= 0.3 is 5.97 Å². The maximum atomic E-state index is 11.4. The topological polar surface area (TPSA) is 66.2 Å². The molecule has 0 saturated carbocycles. The standard InChI is InChI=1S/C12H15N3O2/c1-9(4-6-13)15(2)11-8-10(5-7-14-11)12(16)17-3/h5,7-9H,4H2,1-3H3. The van der Waals surface area contributed by atoms with Crippen LogP contribution in [0.4, 0.5) is 5.82 Å². The van der Waals surface area contributed by atoms with Crippen LogP contribution in [0.3, 0.4) is 0 Å². The van der Waals surface area contributed by atoms with Crippen molar-refractivity contribution in [2.75, 3.05) is 19.1 Å². The number of pyridine rings is 1. The fourth-order valence-electron chi connectivity index (χ4n) is 1.35. The van der Waals surface area contributed by atoms with Crippen molar-refractivity contribution >= 4 is 11.8 Å². The van der Waals surface area contributed by atoms with Crippen LogP contribution < -0.4 is 4.90 Å². The van der Waals surface area contributed by atoms with Gasteiger partial charge in [0, 0.05) is 19.3 Å². The predicted molar refractivity (Wildman–Crippen MR) is 63.7 cm³/mol. The van der Waals surface area contributed by atoms with Gasteiger partial charge in [-0.2, -0.15) is 5.26 Å². The quantitative estimate of drug-likeness (QED) is 0.739. The third-order valence-electron chi connectivity index (χ3n) is 2.58. The lowest BCUT2D eigenvalue weighted by atomic mass is 10.2. The number of hydrogen-bond acceptors (Lipinski definition) is 5. The summed E-state index contributed by atoms with van der Waals surface area (Å²) in [6.45, 7) is 1.93. The number of methoxy groups -OCH3 is 1. The van der Waals surface area contributed by atoms with Crippen LogP contribution in [0.5, 0.6) is 0 Å². The highest BCUT2D eigenvalue weighted by Gasteiger charge is 2.13. The Labute approximate surface area is 101 Å². The summed E-state index contributed by atoms with van der Waals surface area (Å²) in [5.74, 6) is 0.255. The number of hydrogen-bond donors (Lipinski definition) is 0. The molecule has 0 amide bonds. The lowest BCUT2D eigenvalue weighted by molar-refractivity contribution is 0.0600. The molecule has 0 aromatic carbocycles. The average molecular weight is 233 g/mol. The van der Waals surface area contributed by atoms with E-state index in [-0.39, 0.29) is 6.04 Å². The van der Waals surface area contributed by atoms with Crippen LogP contribution in [0, 0.1) is 11.3 Å². The molecule has 1 unspecified atom stereocenters. The van der Waals surface area contributed by atoms with Gasteiger partial charge in [-0.05, 0) is 19.1 Å². The Kier molecular flexibility index (Phi) is 4.46. The summed E-state index contributed by atoms with van der Waals surface area (Å²) in [4.78, 5) is 17.4. The highest BCUT2D eigenvalue weighted by Crippen LogP contribution is 2.15. The van der Waals surface area contributed by atoms with E-state index >= 15 is 0 Å². The molecule has 0 spiro atoms. The zero-order valence-electron chi connectivity index (χ0n) is 10.2. The molecule has 1 heterocycles. The Hall–Kier alpha value is -2.09. The van der Waals surface area contributed by atoms with Crippen LogP contribution in [-0.2, 0) is 4.74 Å². The van der Waals surface area contributed by atoms with Crippen molar-refractivity contribution in [3.8, 4) is 6.07 Å². The highest BCUT2D eigenvalue weighted by atomic mass is 16.5. The molecule has 0 fully saturated rings. The second-order valence-corrected chi connectivity index (χ2v) is 3.72. The Morgan fingerprint density at radius 3 is 3.00 bits per heavy atom. The number of carbonyl (C=O) groups is 1. The van der Waals surface area contributed by atoms with E-state index in [9.17, 15) is 4.79 Å². The molecule has 17 heavy (non-hydrogen) atoms. The highest BCUT2D eigenvalue weighted by molar-refractivity contribution is 5.90. The summed E-state index contributed by atoms with van der Waals surface area (Å²) < 4.78 is 4.64. The van der Waals surface area contributed by atoms with Gasteiger partial charge in [0.05, 0.1) is 25.2 Å². The number of carbonyl (C=O) groups excluding carboxylic acids is 1. The van der Waals surface area contributed by atoms with Crippen LogP contribution in [-0.4, -0.2) is 31.2 Å². The second-order valence-electron chi connectivity index (χ2n) is 3.72. The van der Waals surface area contributed by atoms with Crippen molar-refractivity contribution in [3.63, 3.8) is 0 Å². The molecule has 0 radical (unpaired) electrons. The number of rotatable bonds is 4. The Morgan fingerprint density at radius 2 is 2.41 bits per heavy atom. The first-order valence-electron chi connectivity index (χ1n) is 5.24. The van der Waals surface area contributed by atoms with Crippen molar-refractivity contribution in [1.29, 1.82) is 5.26 Å². The predicted octanol–water partition coefficient (Wildman–Crippen LogP) is 1.61. The van der Waals surface area contributed by atoms with Crippen LogP contribution in [0.25, 0.3) is 0 Å².